The number of hydrogen-bond acceptors (Lipinski definition) is 5. The van der Waals surface area contributed by atoms with Crippen LogP contribution in [0.25, 0.3) is 11.0 Å². The van der Waals surface area contributed by atoms with Gasteiger partial charge in [-0.3, -0.25) is 15.6 Å². The minimum Gasteiger partial charge on any atom is -0.383 e. The summed E-state index contributed by atoms with van der Waals surface area (Å²) in [5.74, 6) is 0.997. The number of fused-ring (bicyclic) bond motifs is 1. The van der Waals surface area contributed by atoms with Crippen molar-refractivity contribution in [3.63, 3.8) is 0 Å². The van der Waals surface area contributed by atoms with Crippen molar-refractivity contribution in [3.05, 3.63) is 30.1 Å². The van der Waals surface area contributed by atoms with Gasteiger partial charge in [-0.2, -0.15) is 0 Å². The number of aryl methyl sites for hydroxylation is 1. The number of hydrogen-bond donors (Lipinski definition) is 3. The molecule has 2 aromatic rings. The maximum Gasteiger partial charge on any atom is 0.243 e. The summed E-state index contributed by atoms with van der Waals surface area (Å²) < 4.78 is 7.27. The lowest BCUT2D eigenvalue weighted by Gasteiger charge is -2.21. The number of para-hydroxylation sites is 2. The van der Waals surface area contributed by atoms with E-state index in [1.165, 1.54) is 0 Å². The van der Waals surface area contributed by atoms with E-state index in [9.17, 15) is 4.79 Å². The van der Waals surface area contributed by atoms with Crippen LogP contribution in [0.15, 0.2) is 24.3 Å². The largest absolute Gasteiger partial charge is 0.383 e. The molecule has 7 heteroatoms. The first-order chi connectivity index (χ1) is 12.7. The molecule has 0 bridgehead atoms. The number of nitrogens with one attached hydrogen (secondary N) is 3. The second-order valence-electron chi connectivity index (χ2n) is 6.78. The molecule has 0 radical (unpaired) electrons. The number of carbonyl (C=O) groups excluding carboxylic acids is 1. The van der Waals surface area contributed by atoms with Gasteiger partial charge in [0.15, 0.2) is 0 Å². The highest BCUT2D eigenvalue weighted by molar-refractivity contribution is 5.84. The summed E-state index contributed by atoms with van der Waals surface area (Å²) in [5, 5.41) is 3.11. The van der Waals surface area contributed by atoms with Gasteiger partial charge in [0.05, 0.1) is 17.6 Å². The summed E-state index contributed by atoms with van der Waals surface area (Å²) in [6, 6.07) is 8.26. The van der Waals surface area contributed by atoms with E-state index in [4.69, 9.17) is 9.72 Å². The maximum atomic E-state index is 12.9. The molecule has 0 spiro atoms. The van der Waals surface area contributed by atoms with Gasteiger partial charge in [-0.1, -0.05) is 26.0 Å². The highest BCUT2D eigenvalue weighted by atomic mass is 16.5. The summed E-state index contributed by atoms with van der Waals surface area (Å²) in [7, 11) is 1.70. The van der Waals surface area contributed by atoms with Crippen molar-refractivity contribution in [2.75, 3.05) is 20.3 Å². The minimum absolute atomic E-state index is 0.0438. The van der Waals surface area contributed by atoms with Crippen molar-refractivity contribution < 1.29 is 9.53 Å². The van der Waals surface area contributed by atoms with Crippen molar-refractivity contribution in [1.29, 1.82) is 0 Å². The van der Waals surface area contributed by atoms with Crippen LogP contribution in [-0.4, -0.2) is 47.8 Å². The molecule has 1 aliphatic rings. The van der Waals surface area contributed by atoms with Crippen LogP contribution in [-0.2, 0) is 16.0 Å². The SMILES string of the molecule is CCc1nc2ccccc2n1C(CC)C(=O)NCC1CC(COC)NN1. The van der Waals surface area contributed by atoms with Crippen LogP contribution < -0.4 is 16.2 Å². The molecule has 1 aliphatic heterocycles. The zero-order valence-electron chi connectivity index (χ0n) is 15.8. The van der Waals surface area contributed by atoms with Gasteiger partial charge >= 0.3 is 0 Å². The third kappa shape index (κ3) is 3.90. The number of imidazole rings is 1. The number of hydrazine groups is 1. The zero-order valence-corrected chi connectivity index (χ0v) is 15.8. The first-order valence-corrected chi connectivity index (χ1v) is 9.41. The second kappa shape index (κ2) is 8.62. The number of ether oxygens (including phenoxy) is 1. The fourth-order valence-corrected chi connectivity index (χ4v) is 3.66. The van der Waals surface area contributed by atoms with Crippen molar-refractivity contribution in [2.45, 2.75) is 51.2 Å². The molecule has 142 valence electrons. The number of carbonyl (C=O) groups is 1. The fraction of sp³-hybridized carbons (Fsp3) is 0.579. The highest BCUT2D eigenvalue weighted by Gasteiger charge is 2.27. The molecule has 3 N–H and O–H groups in total. The zero-order chi connectivity index (χ0) is 18.5. The van der Waals surface area contributed by atoms with E-state index < -0.39 is 0 Å². The average Bonchev–Trinajstić information content (AvgIpc) is 3.25. The van der Waals surface area contributed by atoms with E-state index in [2.05, 4.69) is 27.7 Å². The van der Waals surface area contributed by atoms with Gasteiger partial charge in [-0.15, -0.1) is 0 Å². The van der Waals surface area contributed by atoms with Crippen LogP contribution in [0.5, 0.6) is 0 Å². The summed E-state index contributed by atoms with van der Waals surface area (Å²) in [4.78, 5) is 17.6. The van der Waals surface area contributed by atoms with Crippen molar-refractivity contribution in [2.24, 2.45) is 0 Å². The Hall–Kier alpha value is -1.96. The summed E-state index contributed by atoms with van der Waals surface area (Å²) >= 11 is 0. The molecule has 1 amide bonds. The quantitative estimate of drug-likeness (QED) is 0.666. The molecule has 3 atom stereocenters. The molecule has 3 rings (SSSR count). The minimum atomic E-state index is -0.249. The molecular weight excluding hydrogens is 330 g/mol. The molecule has 2 heterocycles. The first-order valence-electron chi connectivity index (χ1n) is 9.41. The molecule has 1 saturated heterocycles. The number of benzene rings is 1. The normalized spacial score (nSPS) is 21.2. The van der Waals surface area contributed by atoms with Gasteiger partial charge in [0.2, 0.25) is 5.91 Å². The number of nitrogens with zero attached hydrogens (tertiary/aromatic N) is 2. The van der Waals surface area contributed by atoms with Crippen LogP contribution in [0.3, 0.4) is 0 Å². The molecule has 1 aromatic heterocycles. The molecule has 7 nitrogen and oxygen atoms in total. The molecule has 0 aliphatic carbocycles. The van der Waals surface area contributed by atoms with E-state index in [0.717, 1.165) is 36.1 Å². The van der Waals surface area contributed by atoms with Gasteiger partial charge in [0.25, 0.3) is 0 Å². The van der Waals surface area contributed by atoms with E-state index in [0.29, 0.717) is 13.2 Å². The number of rotatable bonds is 8. The molecular formula is C19H29N5O2. The predicted molar refractivity (Wildman–Crippen MR) is 102 cm³/mol. The van der Waals surface area contributed by atoms with Crippen LogP contribution in [0.1, 0.15) is 38.6 Å². The standard InChI is InChI=1S/C19H29N5O2/c1-4-16(19(25)20-11-13-10-14(12-26-3)23-22-13)24-17-9-7-6-8-15(17)21-18(24)5-2/h6-9,13-14,16,22-23H,4-5,10-12H2,1-3H3,(H,20,25). The Bertz CT molecular complexity index is 745. The van der Waals surface area contributed by atoms with Gasteiger partial charge in [0.1, 0.15) is 11.9 Å². The smallest absolute Gasteiger partial charge is 0.243 e. The summed E-state index contributed by atoms with van der Waals surface area (Å²) in [6.07, 6.45) is 2.45. The molecule has 1 aromatic carbocycles. The monoisotopic (exact) mass is 359 g/mol. The topological polar surface area (TPSA) is 80.2 Å². The van der Waals surface area contributed by atoms with E-state index >= 15 is 0 Å². The number of aromatic nitrogens is 2. The van der Waals surface area contributed by atoms with Crippen LogP contribution in [0.4, 0.5) is 0 Å². The Labute approximate surface area is 154 Å². The third-order valence-corrected chi connectivity index (χ3v) is 4.94. The second-order valence-corrected chi connectivity index (χ2v) is 6.78. The van der Waals surface area contributed by atoms with Gasteiger partial charge in [-0.05, 0) is 25.0 Å². The Morgan fingerprint density at radius 1 is 1.35 bits per heavy atom. The van der Waals surface area contributed by atoms with Gasteiger partial charge in [0, 0.05) is 32.2 Å². The number of amides is 1. The van der Waals surface area contributed by atoms with Crippen LogP contribution >= 0.6 is 0 Å². The Balaban J connectivity index is 1.70. The summed E-state index contributed by atoms with van der Waals surface area (Å²) in [6.45, 7) is 5.38. The Kier molecular flexibility index (Phi) is 6.24. The Morgan fingerprint density at radius 3 is 2.85 bits per heavy atom. The molecule has 3 unspecified atom stereocenters. The van der Waals surface area contributed by atoms with Gasteiger partial charge in [-0.25, -0.2) is 4.98 Å². The van der Waals surface area contributed by atoms with E-state index in [1.54, 1.807) is 7.11 Å². The molecule has 26 heavy (non-hydrogen) atoms. The highest BCUT2D eigenvalue weighted by Crippen LogP contribution is 2.24. The fourth-order valence-electron chi connectivity index (χ4n) is 3.66. The average molecular weight is 359 g/mol. The van der Waals surface area contributed by atoms with E-state index in [1.807, 2.05) is 31.2 Å². The Morgan fingerprint density at radius 2 is 2.12 bits per heavy atom. The van der Waals surface area contributed by atoms with E-state index in [-0.39, 0.29) is 24.0 Å². The summed E-state index contributed by atoms with van der Waals surface area (Å²) in [5.41, 5.74) is 8.39. The number of methoxy groups -OCH3 is 1. The lowest BCUT2D eigenvalue weighted by molar-refractivity contribution is -0.124. The first kappa shape index (κ1) is 18.8. The van der Waals surface area contributed by atoms with Crippen molar-refractivity contribution >= 4 is 16.9 Å². The molecule has 0 saturated carbocycles. The van der Waals surface area contributed by atoms with Crippen molar-refractivity contribution in [1.82, 2.24) is 25.7 Å². The predicted octanol–water partition coefficient (Wildman–Crippen LogP) is 1.55. The lowest BCUT2D eigenvalue weighted by atomic mass is 10.1. The van der Waals surface area contributed by atoms with Crippen molar-refractivity contribution in [3.8, 4) is 0 Å². The lowest BCUT2D eigenvalue weighted by Crippen LogP contribution is -2.43. The van der Waals surface area contributed by atoms with Gasteiger partial charge < -0.3 is 14.6 Å². The third-order valence-electron chi connectivity index (χ3n) is 4.94. The van der Waals surface area contributed by atoms with Crippen LogP contribution in [0.2, 0.25) is 0 Å². The maximum absolute atomic E-state index is 12.9. The van der Waals surface area contributed by atoms with Crippen LogP contribution in [0, 0.1) is 0 Å². The molecule has 1 fully saturated rings.